The molecule has 2 bridgehead atoms. The summed E-state index contributed by atoms with van der Waals surface area (Å²) >= 11 is 0. The average Bonchev–Trinajstić information content (AvgIpc) is 3.32. The van der Waals surface area contributed by atoms with Gasteiger partial charge in [0.25, 0.3) is 5.91 Å². The number of aliphatic hydroxyl groups excluding tert-OH is 2. The lowest BCUT2D eigenvalue weighted by Crippen LogP contribution is -2.64. The van der Waals surface area contributed by atoms with Crippen molar-refractivity contribution >= 4 is 29.5 Å². The maximum absolute atomic E-state index is 14.9. The van der Waals surface area contributed by atoms with Crippen LogP contribution in [0.5, 0.6) is 0 Å². The van der Waals surface area contributed by atoms with Crippen molar-refractivity contribution in [3.05, 3.63) is 47.6 Å². The number of aliphatic hydroxyl groups is 3. The average molecular weight is 973 g/mol. The number of carbonyl (C=O) groups excluding carboxylic acids is 5. The number of hydrogen-bond donors (Lipinski definition) is 4. The van der Waals surface area contributed by atoms with E-state index in [4.69, 9.17) is 28.4 Å². The number of nitrogens with one attached hydrogen (secondary N) is 1. The Morgan fingerprint density at radius 3 is 2.30 bits per heavy atom. The third kappa shape index (κ3) is 15.6. The van der Waals surface area contributed by atoms with Crippen LogP contribution in [0, 0.1) is 35.5 Å². The number of piperidine rings is 1. The molecule has 3 fully saturated rings. The lowest BCUT2D eigenvalue weighted by Gasteiger charge is -2.47. The fourth-order valence-electron chi connectivity index (χ4n) is 10.6. The van der Waals surface area contributed by atoms with Crippen LogP contribution >= 0.6 is 0 Å². The minimum atomic E-state index is -2.28. The van der Waals surface area contributed by atoms with Gasteiger partial charge in [-0.25, -0.2) is 9.59 Å². The molecule has 0 spiro atoms. The number of hydrogen-bond acceptors (Lipinski definition) is 14. The van der Waals surface area contributed by atoms with Gasteiger partial charge < -0.3 is 54.0 Å². The molecule has 3 aliphatic heterocycles. The number of esters is 1. The van der Waals surface area contributed by atoms with E-state index in [9.17, 15) is 39.3 Å². The van der Waals surface area contributed by atoms with Crippen molar-refractivity contribution in [1.82, 2.24) is 10.2 Å². The Hall–Kier alpha value is -3.77. The smallest absolute Gasteiger partial charge is 0.407 e. The maximum Gasteiger partial charge on any atom is 0.407 e. The van der Waals surface area contributed by atoms with Gasteiger partial charge in [-0.2, -0.15) is 0 Å². The third-order valence-corrected chi connectivity index (χ3v) is 15.1. The number of Topliss-reactive ketones (excluding diaryl/α,β-unsaturated/α-hetero) is 2. The molecule has 4 rings (SSSR count). The van der Waals surface area contributed by atoms with E-state index >= 15 is 0 Å². The number of ketones is 2. The zero-order chi connectivity index (χ0) is 51.2. The van der Waals surface area contributed by atoms with Crippen LogP contribution in [0.15, 0.2) is 47.6 Å². The molecule has 0 aromatic carbocycles. The number of ether oxygens (including phenoxy) is 6. The lowest BCUT2D eigenvalue weighted by atomic mass is 9.78. The molecule has 1 saturated carbocycles. The van der Waals surface area contributed by atoms with Crippen LogP contribution in [0.1, 0.15) is 126 Å². The summed E-state index contributed by atoms with van der Waals surface area (Å²) in [5.74, 6) is -6.46. The number of fused-ring (bicyclic) bond motifs is 3. The van der Waals surface area contributed by atoms with Crippen molar-refractivity contribution in [1.29, 1.82) is 0 Å². The Kier molecular flexibility index (Phi) is 22.8. The van der Waals surface area contributed by atoms with E-state index in [0.717, 1.165) is 5.57 Å². The largest absolute Gasteiger partial charge is 0.460 e. The fourth-order valence-corrected chi connectivity index (χ4v) is 10.6. The first kappa shape index (κ1) is 57.8. The van der Waals surface area contributed by atoms with E-state index in [1.807, 2.05) is 58.1 Å². The minimum absolute atomic E-state index is 0.0113. The normalized spacial score (nSPS) is 37.2. The van der Waals surface area contributed by atoms with Crippen LogP contribution in [0.4, 0.5) is 4.79 Å². The van der Waals surface area contributed by atoms with Gasteiger partial charge >= 0.3 is 12.1 Å². The van der Waals surface area contributed by atoms with E-state index in [1.165, 1.54) is 19.1 Å². The van der Waals surface area contributed by atoms with Gasteiger partial charge in [-0.15, -0.1) is 0 Å². The van der Waals surface area contributed by atoms with Gasteiger partial charge in [0, 0.05) is 65.5 Å². The van der Waals surface area contributed by atoms with Gasteiger partial charge in [0.15, 0.2) is 11.6 Å². The highest BCUT2D eigenvalue weighted by atomic mass is 16.7. The summed E-state index contributed by atoms with van der Waals surface area (Å²) in [6.07, 6.45) is 8.29. The number of carbonyl (C=O) groups is 5. The maximum atomic E-state index is 14.9. The molecular weight excluding hydrogens is 889 g/mol. The number of amides is 2. The second-order valence-electron chi connectivity index (χ2n) is 20.4. The van der Waals surface area contributed by atoms with E-state index in [-0.39, 0.29) is 54.8 Å². The first-order valence-electron chi connectivity index (χ1n) is 25.2. The molecular formula is C53H84N2O14. The van der Waals surface area contributed by atoms with Gasteiger partial charge in [0.2, 0.25) is 11.9 Å². The minimum Gasteiger partial charge on any atom is -0.460 e. The highest BCUT2D eigenvalue weighted by Gasteiger charge is 2.56. The van der Waals surface area contributed by atoms with Crippen molar-refractivity contribution < 1.29 is 67.7 Å². The van der Waals surface area contributed by atoms with E-state index in [0.29, 0.717) is 69.8 Å². The molecule has 0 aromatic rings. The molecule has 1 aliphatic carbocycles. The first-order valence-corrected chi connectivity index (χ1v) is 25.2. The molecule has 16 nitrogen and oxygen atoms in total. The second kappa shape index (κ2) is 27.2. The summed E-state index contributed by atoms with van der Waals surface area (Å²) in [6, 6.07) is -1.14. The summed E-state index contributed by atoms with van der Waals surface area (Å²) in [7, 11) is 5.87. The lowest BCUT2D eigenvalue weighted by molar-refractivity contribution is -0.316. The number of nitrogens with zero attached hydrogens (tertiary/aromatic N) is 1. The highest BCUT2D eigenvalue weighted by molar-refractivity contribution is 5.95. The van der Waals surface area contributed by atoms with Gasteiger partial charge in [-0.3, -0.25) is 14.4 Å². The van der Waals surface area contributed by atoms with Crippen molar-refractivity contribution in [2.45, 2.75) is 186 Å². The van der Waals surface area contributed by atoms with E-state index < -0.39 is 90.3 Å². The zero-order valence-corrected chi connectivity index (χ0v) is 43.1. The molecule has 2 amide bonds. The first-order chi connectivity index (χ1) is 32.7. The monoisotopic (exact) mass is 973 g/mol. The summed E-state index contributed by atoms with van der Waals surface area (Å²) in [5, 5.41) is 36.9. The van der Waals surface area contributed by atoms with Gasteiger partial charge in [0.05, 0.1) is 30.5 Å². The molecule has 2 saturated heterocycles. The Bertz CT molecular complexity index is 1850. The van der Waals surface area contributed by atoms with Crippen LogP contribution in [0.3, 0.4) is 0 Å². The molecule has 4 aliphatic rings. The van der Waals surface area contributed by atoms with Crippen LogP contribution in [-0.4, -0.2) is 145 Å². The Morgan fingerprint density at radius 1 is 0.913 bits per heavy atom. The van der Waals surface area contributed by atoms with Crippen molar-refractivity contribution in [3.8, 4) is 0 Å². The topological polar surface area (TPSA) is 217 Å². The number of rotatable bonds is 7. The van der Waals surface area contributed by atoms with Crippen LogP contribution in [0.25, 0.3) is 0 Å². The van der Waals surface area contributed by atoms with E-state index in [2.05, 4.69) is 5.32 Å². The predicted molar refractivity (Wildman–Crippen MR) is 259 cm³/mol. The Labute approximate surface area is 410 Å². The van der Waals surface area contributed by atoms with Crippen molar-refractivity contribution in [2.24, 2.45) is 35.5 Å². The summed E-state index contributed by atoms with van der Waals surface area (Å²) in [5.41, 5.74) is 1.18. The Balaban J connectivity index is 1.77. The molecule has 390 valence electrons. The predicted octanol–water partition coefficient (Wildman–Crippen LogP) is 6.34. The van der Waals surface area contributed by atoms with Crippen LogP contribution in [0.2, 0.25) is 0 Å². The molecule has 16 heteroatoms. The fraction of sp³-hybridized carbons (Fsp3) is 0.755. The Morgan fingerprint density at radius 2 is 1.64 bits per heavy atom. The number of alkyl carbamates (subject to hydrolysis) is 1. The molecule has 7 unspecified atom stereocenters. The molecule has 4 N–H and O–H groups in total. The van der Waals surface area contributed by atoms with Crippen LogP contribution < -0.4 is 5.32 Å². The summed E-state index contributed by atoms with van der Waals surface area (Å²) < 4.78 is 35.6. The molecule has 69 heavy (non-hydrogen) atoms. The van der Waals surface area contributed by atoms with Crippen LogP contribution in [-0.2, 0) is 47.6 Å². The zero-order valence-electron chi connectivity index (χ0n) is 43.1. The number of cyclic esters (lactones) is 1. The van der Waals surface area contributed by atoms with E-state index in [1.54, 1.807) is 41.1 Å². The van der Waals surface area contributed by atoms with Gasteiger partial charge in [-0.1, -0.05) is 71.1 Å². The van der Waals surface area contributed by atoms with Gasteiger partial charge in [-0.05, 0) is 107 Å². The summed E-state index contributed by atoms with van der Waals surface area (Å²) in [6.45, 7) is 12.8. The SMILES string of the molecule is CNC(=O)O[C@H]1C(=O)N2CCCCC2C(=O)OC([C@H](C)CC2CC[C@@H](O)[C@H](OC)C2)CC(=O)C(C)=CC(C)C(O)[C@@H](OC)C(=O)C(C)CC(C)C=CC=CC=C(C)[C@@H](OC)C[C@@H]2CC[C@@H](C)[C@@]1(O)O2. The molecule has 0 radical (unpaired) electrons. The van der Waals surface area contributed by atoms with Crippen molar-refractivity contribution in [3.63, 3.8) is 0 Å². The number of methoxy groups -OCH3 is 3. The number of allylic oxidation sites excluding steroid dienone is 6. The summed E-state index contributed by atoms with van der Waals surface area (Å²) in [4.78, 5) is 71.8. The standard InChI is InChI=1S/C53H84N2O14/c1-31-17-13-12-14-18-32(2)43(64-9)29-39-22-20-37(7)53(63,69-39)49(68-52(62)54-8)50(60)55-24-16-15-19-40(55)51(61)67-44(34(4)27-38-21-23-41(56)45(28-38)65-10)30-42(57)33(3)26-36(6)47(59)48(66-11)46(58)35(5)25-31/h12-14,17-18,26,31,34-41,43-45,47-49,56,59,63H,15-16,19-25,27-30H2,1-11H3,(H,54,62)/t31?,34-,35?,36?,37-,38?,39+,40?,41-,43+,44?,45-,47?,48+,49+,53-/m1/s1. The highest BCUT2D eigenvalue weighted by Crippen LogP contribution is 2.40. The molecule has 0 aromatic heterocycles. The molecule has 16 atom stereocenters. The third-order valence-electron chi connectivity index (χ3n) is 15.1. The second-order valence-corrected chi connectivity index (χ2v) is 20.4. The molecule has 3 heterocycles. The van der Waals surface area contributed by atoms with Crippen molar-refractivity contribution in [2.75, 3.05) is 34.9 Å². The van der Waals surface area contributed by atoms with Gasteiger partial charge in [0.1, 0.15) is 18.2 Å². The quantitative estimate of drug-likeness (QED) is 0.205.